The molecule has 0 unspecified atom stereocenters. The van der Waals surface area contributed by atoms with Crippen molar-refractivity contribution < 1.29 is 23.7 Å². The summed E-state index contributed by atoms with van der Waals surface area (Å²) in [6, 6.07) is 12.3. The van der Waals surface area contributed by atoms with E-state index in [1.54, 1.807) is 70.7 Å². The summed E-state index contributed by atoms with van der Waals surface area (Å²) in [5.74, 6) is 2.22. The van der Waals surface area contributed by atoms with Gasteiger partial charge in [0.2, 0.25) is 0 Å². The summed E-state index contributed by atoms with van der Waals surface area (Å²) in [4.78, 5) is 11.9. The van der Waals surface area contributed by atoms with E-state index in [1.165, 1.54) is 0 Å². The second-order valence-electron chi connectivity index (χ2n) is 5.26. The minimum absolute atomic E-state index is 0.154. The minimum Gasteiger partial charge on any atom is -0.497 e. The normalized spacial score (nSPS) is 10.8. The average Bonchev–Trinajstić information content (AvgIpc) is 2.70. The summed E-state index contributed by atoms with van der Waals surface area (Å²) >= 11 is 0. The van der Waals surface area contributed by atoms with E-state index in [0.29, 0.717) is 28.7 Å². The van der Waals surface area contributed by atoms with Gasteiger partial charge in [0.05, 0.1) is 27.0 Å². The maximum Gasteiger partial charge on any atom is 0.277 e. The second kappa shape index (κ2) is 9.31. The van der Waals surface area contributed by atoms with Crippen LogP contribution < -0.4 is 24.4 Å². The predicted octanol–water partition coefficient (Wildman–Crippen LogP) is 2.63. The number of rotatable bonds is 8. The molecule has 26 heavy (non-hydrogen) atoms. The highest BCUT2D eigenvalue weighted by Crippen LogP contribution is 2.24. The Labute approximate surface area is 152 Å². The van der Waals surface area contributed by atoms with Crippen LogP contribution in [-0.4, -0.2) is 39.6 Å². The minimum atomic E-state index is -0.373. The Bertz CT molecular complexity index is 772. The Kier molecular flexibility index (Phi) is 6.84. The third-order valence-electron chi connectivity index (χ3n) is 3.57. The molecule has 7 nitrogen and oxygen atoms in total. The number of ether oxygens (including phenoxy) is 4. The van der Waals surface area contributed by atoms with Crippen molar-refractivity contribution in [3.63, 3.8) is 0 Å². The summed E-state index contributed by atoms with van der Waals surface area (Å²) in [7, 11) is 4.73. The molecule has 1 amide bonds. The van der Waals surface area contributed by atoms with E-state index in [1.807, 2.05) is 0 Å². The van der Waals surface area contributed by atoms with Crippen molar-refractivity contribution in [1.82, 2.24) is 5.43 Å². The van der Waals surface area contributed by atoms with Crippen molar-refractivity contribution in [2.24, 2.45) is 5.10 Å². The SMILES string of the molecule is COc1ccc(OCC(=O)N/N=C(/C)c2cc(OC)ccc2OC)cc1. The first kappa shape index (κ1) is 19.1. The molecular formula is C19H22N2O5. The van der Waals surface area contributed by atoms with Gasteiger partial charge in [0.1, 0.15) is 23.0 Å². The van der Waals surface area contributed by atoms with Gasteiger partial charge in [0.25, 0.3) is 5.91 Å². The van der Waals surface area contributed by atoms with Crippen LogP contribution in [0.5, 0.6) is 23.0 Å². The quantitative estimate of drug-likeness (QED) is 0.580. The van der Waals surface area contributed by atoms with Gasteiger partial charge in [-0.15, -0.1) is 0 Å². The van der Waals surface area contributed by atoms with Crippen LogP contribution in [0.4, 0.5) is 0 Å². The largest absolute Gasteiger partial charge is 0.497 e. The number of hydrogen-bond acceptors (Lipinski definition) is 6. The van der Waals surface area contributed by atoms with Gasteiger partial charge < -0.3 is 18.9 Å². The van der Waals surface area contributed by atoms with Crippen molar-refractivity contribution in [1.29, 1.82) is 0 Å². The standard InChI is InChI=1S/C19H22N2O5/c1-13(17-11-16(24-3)9-10-18(17)25-4)20-21-19(22)12-26-15-7-5-14(23-2)6-8-15/h5-11H,12H2,1-4H3,(H,21,22)/b20-13-. The molecule has 0 heterocycles. The van der Waals surface area contributed by atoms with E-state index in [4.69, 9.17) is 18.9 Å². The molecule has 0 aliphatic carbocycles. The molecule has 0 saturated carbocycles. The number of methoxy groups -OCH3 is 3. The molecule has 2 aromatic carbocycles. The molecular weight excluding hydrogens is 336 g/mol. The summed E-state index contributed by atoms with van der Waals surface area (Å²) in [5, 5.41) is 4.10. The average molecular weight is 358 g/mol. The molecule has 2 rings (SSSR count). The number of benzene rings is 2. The number of hydrogen-bond donors (Lipinski definition) is 1. The van der Waals surface area contributed by atoms with Crippen LogP contribution in [0.25, 0.3) is 0 Å². The zero-order valence-corrected chi connectivity index (χ0v) is 15.2. The van der Waals surface area contributed by atoms with Crippen molar-refractivity contribution in [2.45, 2.75) is 6.92 Å². The molecule has 0 aliphatic rings. The van der Waals surface area contributed by atoms with Crippen molar-refractivity contribution >= 4 is 11.6 Å². The third kappa shape index (κ3) is 5.14. The van der Waals surface area contributed by atoms with E-state index in [0.717, 1.165) is 5.56 Å². The van der Waals surface area contributed by atoms with Gasteiger partial charge in [-0.1, -0.05) is 0 Å². The van der Waals surface area contributed by atoms with Gasteiger partial charge in [0, 0.05) is 5.56 Å². The highest BCUT2D eigenvalue weighted by atomic mass is 16.5. The lowest BCUT2D eigenvalue weighted by molar-refractivity contribution is -0.123. The first-order chi connectivity index (χ1) is 12.6. The van der Waals surface area contributed by atoms with Gasteiger partial charge in [-0.25, -0.2) is 5.43 Å². The lowest BCUT2D eigenvalue weighted by Gasteiger charge is -2.10. The molecule has 138 valence electrons. The van der Waals surface area contributed by atoms with E-state index >= 15 is 0 Å². The molecule has 0 spiro atoms. The van der Waals surface area contributed by atoms with Crippen molar-refractivity contribution in [2.75, 3.05) is 27.9 Å². The first-order valence-corrected chi connectivity index (χ1v) is 7.89. The summed E-state index contributed by atoms with van der Waals surface area (Å²) in [6.45, 7) is 1.61. The van der Waals surface area contributed by atoms with Crippen LogP contribution in [0.2, 0.25) is 0 Å². The summed E-state index contributed by atoms with van der Waals surface area (Å²) < 4.78 is 21.0. The number of carbonyl (C=O) groups is 1. The van der Waals surface area contributed by atoms with Gasteiger partial charge >= 0.3 is 0 Å². The number of hydrazone groups is 1. The zero-order valence-electron chi connectivity index (χ0n) is 15.2. The Hall–Kier alpha value is -3.22. The fourth-order valence-corrected chi connectivity index (χ4v) is 2.16. The molecule has 0 aliphatic heterocycles. The monoisotopic (exact) mass is 358 g/mol. The van der Waals surface area contributed by atoms with Crippen molar-refractivity contribution in [3.05, 3.63) is 48.0 Å². The lowest BCUT2D eigenvalue weighted by Crippen LogP contribution is -2.25. The molecule has 7 heteroatoms. The van der Waals surface area contributed by atoms with E-state index in [9.17, 15) is 4.79 Å². The highest BCUT2D eigenvalue weighted by Gasteiger charge is 2.09. The van der Waals surface area contributed by atoms with Gasteiger partial charge in [-0.3, -0.25) is 4.79 Å². The molecule has 0 bridgehead atoms. The predicted molar refractivity (Wildman–Crippen MR) is 98.4 cm³/mol. The summed E-state index contributed by atoms with van der Waals surface area (Å²) in [5.41, 5.74) is 3.77. The summed E-state index contributed by atoms with van der Waals surface area (Å²) in [6.07, 6.45) is 0. The van der Waals surface area contributed by atoms with Crippen LogP contribution in [0.1, 0.15) is 12.5 Å². The maximum atomic E-state index is 11.9. The Balaban J connectivity index is 1.96. The second-order valence-corrected chi connectivity index (χ2v) is 5.26. The molecule has 0 aromatic heterocycles. The zero-order chi connectivity index (χ0) is 18.9. The smallest absolute Gasteiger partial charge is 0.277 e. The molecule has 0 atom stereocenters. The van der Waals surface area contributed by atoms with Crippen LogP contribution in [0.3, 0.4) is 0 Å². The van der Waals surface area contributed by atoms with Crippen LogP contribution in [-0.2, 0) is 4.79 Å². The highest BCUT2D eigenvalue weighted by molar-refractivity contribution is 6.02. The Morgan fingerprint density at radius 1 is 0.923 bits per heavy atom. The van der Waals surface area contributed by atoms with Crippen LogP contribution in [0, 0.1) is 0 Å². The van der Waals surface area contributed by atoms with Crippen LogP contribution >= 0.6 is 0 Å². The third-order valence-corrected chi connectivity index (χ3v) is 3.57. The molecule has 1 N–H and O–H groups in total. The fourth-order valence-electron chi connectivity index (χ4n) is 2.16. The molecule has 0 saturated heterocycles. The number of nitrogens with zero attached hydrogens (tertiary/aromatic N) is 1. The topological polar surface area (TPSA) is 78.4 Å². The first-order valence-electron chi connectivity index (χ1n) is 7.89. The number of carbonyl (C=O) groups excluding carboxylic acids is 1. The van der Waals surface area contributed by atoms with Gasteiger partial charge in [-0.2, -0.15) is 5.10 Å². The van der Waals surface area contributed by atoms with Gasteiger partial charge in [0.15, 0.2) is 6.61 Å². The van der Waals surface area contributed by atoms with E-state index in [2.05, 4.69) is 10.5 Å². The van der Waals surface area contributed by atoms with Crippen LogP contribution in [0.15, 0.2) is 47.6 Å². The van der Waals surface area contributed by atoms with E-state index < -0.39 is 0 Å². The molecule has 0 radical (unpaired) electrons. The molecule has 2 aromatic rings. The van der Waals surface area contributed by atoms with Gasteiger partial charge in [-0.05, 0) is 49.4 Å². The fraction of sp³-hybridized carbons (Fsp3) is 0.263. The van der Waals surface area contributed by atoms with E-state index in [-0.39, 0.29) is 12.5 Å². The number of amides is 1. The Morgan fingerprint density at radius 2 is 1.54 bits per heavy atom. The lowest BCUT2D eigenvalue weighted by atomic mass is 10.1. The molecule has 0 fully saturated rings. The Morgan fingerprint density at radius 3 is 2.15 bits per heavy atom. The number of nitrogens with one attached hydrogen (secondary N) is 1. The maximum absolute atomic E-state index is 11.9. The van der Waals surface area contributed by atoms with Crippen molar-refractivity contribution in [3.8, 4) is 23.0 Å².